The Labute approximate surface area is 245 Å². The number of halogens is 2. The van der Waals surface area contributed by atoms with Gasteiger partial charge in [0.15, 0.2) is 0 Å². The molecule has 0 spiro atoms. The number of aryl methyl sites for hydroxylation is 1. The third-order valence-corrected chi connectivity index (χ3v) is 10.1. The van der Waals surface area contributed by atoms with Crippen molar-refractivity contribution in [3.63, 3.8) is 0 Å². The van der Waals surface area contributed by atoms with Crippen LogP contribution >= 0.6 is 39.0 Å². The van der Waals surface area contributed by atoms with Crippen LogP contribution in [0.4, 0.5) is 15.8 Å². The zero-order valence-corrected chi connectivity index (χ0v) is 24.2. The van der Waals surface area contributed by atoms with Gasteiger partial charge in [0.1, 0.15) is 17.6 Å². The highest BCUT2D eigenvalue weighted by molar-refractivity contribution is 9.10. The third kappa shape index (κ3) is 4.71. The SMILES string of the molecule is Cc1cccc(NC(=O)Cn2c3c(sc2=O)[C@H](c2ccc(F)cc2)C2C(=O)N(c4ccc(Br)cc4)C(=O)C2S3)c1. The van der Waals surface area contributed by atoms with E-state index < -0.39 is 28.8 Å². The van der Waals surface area contributed by atoms with Gasteiger partial charge in [0.25, 0.3) is 0 Å². The summed E-state index contributed by atoms with van der Waals surface area (Å²) in [6.45, 7) is 1.66. The summed E-state index contributed by atoms with van der Waals surface area (Å²) in [5, 5.41) is 2.48. The summed E-state index contributed by atoms with van der Waals surface area (Å²) in [5.41, 5.74) is 2.66. The van der Waals surface area contributed by atoms with Crippen LogP contribution in [0.15, 0.2) is 87.1 Å². The first kappa shape index (κ1) is 26.7. The Morgan fingerprint density at radius 3 is 2.42 bits per heavy atom. The molecule has 3 heterocycles. The number of benzene rings is 3. The Morgan fingerprint density at radius 2 is 1.73 bits per heavy atom. The van der Waals surface area contributed by atoms with Crippen molar-refractivity contribution in [3.05, 3.63) is 109 Å². The number of carbonyl (C=O) groups is 3. The van der Waals surface area contributed by atoms with Gasteiger partial charge < -0.3 is 5.32 Å². The lowest BCUT2D eigenvalue weighted by atomic mass is 9.83. The standard InChI is InChI=1S/C29H21BrFN3O4S2/c1-15-3-2-4-19(13-15)32-21(35)14-33-28-25(40-29(33)38)22(16-5-9-18(31)10-6-16)23-24(39-28)27(37)34(26(23)36)20-11-7-17(30)8-12-20/h2-13,22-24H,14H2,1H3,(H,32,35)/t22-,23?,24?/m1/s1. The molecule has 40 heavy (non-hydrogen) atoms. The van der Waals surface area contributed by atoms with Crippen LogP contribution in [0.25, 0.3) is 0 Å². The minimum Gasteiger partial charge on any atom is -0.325 e. The van der Waals surface area contributed by atoms with Gasteiger partial charge in [-0.3, -0.25) is 23.7 Å². The highest BCUT2D eigenvalue weighted by atomic mass is 79.9. The molecule has 2 aliphatic heterocycles. The smallest absolute Gasteiger partial charge is 0.308 e. The van der Waals surface area contributed by atoms with Gasteiger partial charge in [0.2, 0.25) is 17.7 Å². The number of aromatic nitrogens is 1. The fourth-order valence-corrected chi connectivity index (χ4v) is 8.23. The van der Waals surface area contributed by atoms with Crippen LogP contribution < -0.4 is 15.1 Å². The predicted molar refractivity (Wildman–Crippen MR) is 156 cm³/mol. The van der Waals surface area contributed by atoms with E-state index in [-0.39, 0.29) is 23.2 Å². The van der Waals surface area contributed by atoms with E-state index in [1.165, 1.54) is 21.6 Å². The number of fused-ring (bicyclic) bond motifs is 2. The maximum absolute atomic E-state index is 13.9. The molecule has 3 amide bonds. The predicted octanol–water partition coefficient (Wildman–Crippen LogP) is 5.55. The minimum absolute atomic E-state index is 0.252. The number of thiazole rings is 1. The van der Waals surface area contributed by atoms with Crippen molar-refractivity contribution in [2.45, 2.75) is 29.7 Å². The molecule has 1 fully saturated rings. The Balaban J connectivity index is 1.41. The lowest BCUT2D eigenvalue weighted by molar-refractivity contribution is -0.122. The van der Waals surface area contributed by atoms with E-state index in [4.69, 9.17) is 0 Å². The number of thioether (sulfide) groups is 1. The number of rotatable bonds is 5. The first-order valence-corrected chi connectivity index (χ1v) is 14.9. The molecule has 0 radical (unpaired) electrons. The summed E-state index contributed by atoms with van der Waals surface area (Å²) < 4.78 is 16.0. The van der Waals surface area contributed by atoms with Crippen LogP contribution in [-0.2, 0) is 20.9 Å². The molecular formula is C29H21BrFN3O4S2. The van der Waals surface area contributed by atoms with Crippen molar-refractivity contribution in [2.75, 3.05) is 10.2 Å². The second-order valence-corrected chi connectivity index (χ2v) is 12.7. The maximum atomic E-state index is 13.9. The van der Waals surface area contributed by atoms with Crippen molar-refractivity contribution in [1.29, 1.82) is 0 Å². The van der Waals surface area contributed by atoms with Gasteiger partial charge in [-0.1, -0.05) is 63.3 Å². The van der Waals surface area contributed by atoms with Crippen LogP contribution in [0.3, 0.4) is 0 Å². The van der Waals surface area contributed by atoms with Crippen LogP contribution in [0, 0.1) is 18.7 Å². The van der Waals surface area contributed by atoms with E-state index in [1.54, 1.807) is 42.5 Å². The summed E-state index contributed by atoms with van der Waals surface area (Å²) in [6.07, 6.45) is 0. The molecule has 0 aliphatic carbocycles. The summed E-state index contributed by atoms with van der Waals surface area (Å²) >= 11 is 5.47. The number of hydrogen-bond donors (Lipinski definition) is 1. The number of imide groups is 1. The number of hydrogen-bond acceptors (Lipinski definition) is 6. The Kier molecular flexibility index (Phi) is 6.97. The molecule has 2 aliphatic rings. The molecule has 1 aromatic heterocycles. The molecule has 3 atom stereocenters. The average molecular weight is 639 g/mol. The van der Waals surface area contributed by atoms with Gasteiger partial charge >= 0.3 is 4.87 Å². The van der Waals surface area contributed by atoms with Crippen molar-refractivity contribution in [2.24, 2.45) is 5.92 Å². The lowest BCUT2D eigenvalue weighted by Crippen LogP contribution is -2.33. The largest absolute Gasteiger partial charge is 0.325 e. The second-order valence-electron chi connectivity index (χ2n) is 9.62. The van der Waals surface area contributed by atoms with E-state index in [9.17, 15) is 23.6 Å². The Bertz CT molecular complexity index is 1720. The molecule has 3 aromatic carbocycles. The highest BCUT2D eigenvalue weighted by Gasteiger charge is 2.56. The summed E-state index contributed by atoms with van der Waals surface area (Å²) in [4.78, 5) is 55.2. The molecule has 11 heteroatoms. The number of anilines is 2. The fourth-order valence-electron chi connectivity index (χ4n) is 5.20. The normalized spacial score (nSPS) is 19.9. The van der Waals surface area contributed by atoms with Gasteiger partial charge in [-0.25, -0.2) is 9.29 Å². The van der Waals surface area contributed by atoms with Crippen molar-refractivity contribution < 1.29 is 18.8 Å². The molecule has 0 saturated carbocycles. The van der Waals surface area contributed by atoms with Crippen molar-refractivity contribution >= 4 is 68.1 Å². The maximum Gasteiger partial charge on any atom is 0.308 e. The molecule has 202 valence electrons. The molecule has 7 nitrogen and oxygen atoms in total. The quantitative estimate of drug-likeness (QED) is 0.290. The molecule has 4 aromatic rings. The van der Waals surface area contributed by atoms with Gasteiger partial charge in [-0.05, 0) is 66.6 Å². The van der Waals surface area contributed by atoms with Crippen LogP contribution in [0.2, 0.25) is 0 Å². The topological polar surface area (TPSA) is 88.5 Å². The van der Waals surface area contributed by atoms with E-state index in [2.05, 4.69) is 21.2 Å². The van der Waals surface area contributed by atoms with E-state index in [0.717, 1.165) is 33.1 Å². The minimum atomic E-state index is -0.821. The fraction of sp³-hybridized carbons (Fsp3) is 0.172. The molecule has 1 N–H and O–H groups in total. The molecular weight excluding hydrogens is 617 g/mol. The van der Waals surface area contributed by atoms with E-state index in [1.807, 2.05) is 25.1 Å². The lowest BCUT2D eigenvalue weighted by Gasteiger charge is -2.30. The Hall–Kier alpha value is -3.54. The van der Waals surface area contributed by atoms with E-state index in [0.29, 0.717) is 26.8 Å². The summed E-state index contributed by atoms with van der Waals surface area (Å²) in [6, 6.07) is 20.0. The summed E-state index contributed by atoms with van der Waals surface area (Å²) in [7, 11) is 0. The molecule has 2 unspecified atom stereocenters. The van der Waals surface area contributed by atoms with Crippen LogP contribution in [0.5, 0.6) is 0 Å². The first-order valence-electron chi connectivity index (χ1n) is 12.4. The molecule has 1 saturated heterocycles. The third-order valence-electron chi connectivity index (χ3n) is 6.97. The van der Waals surface area contributed by atoms with Gasteiger partial charge in [-0.15, -0.1) is 0 Å². The van der Waals surface area contributed by atoms with Gasteiger partial charge in [-0.2, -0.15) is 0 Å². The van der Waals surface area contributed by atoms with Crippen LogP contribution in [0.1, 0.15) is 21.9 Å². The summed E-state index contributed by atoms with van der Waals surface area (Å²) in [5.74, 6) is -3.05. The number of amides is 3. The average Bonchev–Trinajstić information content (AvgIpc) is 3.36. The number of carbonyl (C=O) groups excluding carboxylic acids is 3. The van der Waals surface area contributed by atoms with Gasteiger partial charge in [0.05, 0.1) is 16.6 Å². The monoisotopic (exact) mass is 637 g/mol. The highest BCUT2D eigenvalue weighted by Crippen LogP contribution is 2.53. The van der Waals surface area contributed by atoms with Gasteiger partial charge in [0, 0.05) is 21.0 Å². The van der Waals surface area contributed by atoms with E-state index >= 15 is 0 Å². The number of nitrogens with zero attached hydrogens (tertiary/aromatic N) is 2. The van der Waals surface area contributed by atoms with Crippen molar-refractivity contribution in [3.8, 4) is 0 Å². The van der Waals surface area contributed by atoms with Crippen molar-refractivity contribution in [1.82, 2.24) is 4.57 Å². The zero-order chi connectivity index (χ0) is 28.1. The molecule has 0 bridgehead atoms. The number of nitrogens with one attached hydrogen (secondary N) is 1. The van der Waals surface area contributed by atoms with Crippen LogP contribution in [-0.4, -0.2) is 27.5 Å². The molecule has 6 rings (SSSR count). The zero-order valence-electron chi connectivity index (χ0n) is 21.0. The second kappa shape index (κ2) is 10.5. The Morgan fingerprint density at radius 1 is 1.00 bits per heavy atom. The first-order chi connectivity index (χ1) is 19.2.